The molecule has 2 N–H and O–H groups in total. The summed E-state index contributed by atoms with van der Waals surface area (Å²) in [6, 6.07) is 10.3. The molecule has 0 radical (unpaired) electrons. The summed E-state index contributed by atoms with van der Waals surface area (Å²) >= 11 is 0. The summed E-state index contributed by atoms with van der Waals surface area (Å²) in [5.74, 6) is -0.417. The van der Waals surface area contributed by atoms with Gasteiger partial charge in [-0.1, -0.05) is 25.0 Å². The molecule has 2 aromatic heterocycles. The molecule has 3 rings (SSSR count). The normalized spacial score (nSPS) is 20.2. The molecule has 0 saturated heterocycles. The maximum absolute atomic E-state index is 12.3. The molecule has 1 aliphatic carbocycles. The maximum atomic E-state index is 12.3. The zero-order chi connectivity index (χ0) is 16.8. The van der Waals surface area contributed by atoms with Crippen LogP contribution in [0.3, 0.4) is 0 Å². The Labute approximate surface area is 140 Å². The van der Waals surface area contributed by atoms with Crippen LogP contribution >= 0.6 is 0 Å². The minimum absolute atomic E-state index is 0.0964. The fourth-order valence-corrected chi connectivity index (χ4v) is 2.96. The summed E-state index contributed by atoms with van der Waals surface area (Å²) in [5.41, 5.74) is 0.774. The third kappa shape index (κ3) is 3.95. The number of hydrogen-bond acceptors (Lipinski definition) is 4. The van der Waals surface area contributed by atoms with Crippen molar-refractivity contribution >= 4 is 11.8 Å². The lowest BCUT2D eigenvalue weighted by atomic mass is 9.90. The molecule has 124 valence electrons. The minimum atomic E-state index is -0.209. The summed E-state index contributed by atoms with van der Waals surface area (Å²) in [5, 5.41) is 6.01. The van der Waals surface area contributed by atoms with Crippen molar-refractivity contribution in [3.8, 4) is 0 Å². The molecule has 0 bridgehead atoms. The molecule has 0 spiro atoms. The molecule has 0 aliphatic heterocycles. The average Bonchev–Trinajstić information content (AvgIpc) is 2.64. The summed E-state index contributed by atoms with van der Waals surface area (Å²) in [4.78, 5) is 32.8. The van der Waals surface area contributed by atoms with Crippen LogP contribution in [0.4, 0.5) is 0 Å². The van der Waals surface area contributed by atoms with Crippen LogP contribution in [-0.2, 0) is 0 Å². The van der Waals surface area contributed by atoms with Gasteiger partial charge in [-0.2, -0.15) is 0 Å². The second-order valence-corrected chi connectivity index (χ2v) is 5.87. The van der Waals surface area contributed by atoms with E-state index < -0.39 is 0 Å². The zero-order valence-electron chi connectivity index (χ0n) is 13.3. The van der Waals surface area contributed by atoms with E-state index in [1.54, 1.807) is 48.8 Å². The first-order valence-corrected chi connectivity index (χ1v) is 8.18. The SMILES string of the molecule is O=C(NC1CCCC[C@H]1NC(=O)c1ccccn1)c1ccccn1. The largest absolute Gasteiger partial charge is 0.346 e. The van der Waals surface area contributed by atoms with Gasteiger partial charge in [0, 0.05) is 24.5 Å². The summed E-state index contributed by atoms with van der Waals surface area (Å²) < 4.78 is 0. The van der Waals surface area contributed by atoms with Gasteiger partial charge >= 0.3 is 0 Å². The van der Waals surface area contributed by atoms with Gasteiger partial charge in [-0.15, -0.1) is 0 Å². The van der Waals surface area contributed by atoms with E-state index in [1.165, 1.54) is 0 Å². The van der Waals surface area contributed by atoms with E-state index in [-0.39, 0.29) is 23.9 Å². The van der Waals surface area contributed by atoms with Gasteiger partial charge in [0.05, 0.1) is 0 Å². The second kappa shape index (κ2) is 7.68. The van der Waals surface area contributed by atoms with E-state index in [0.29, 0.717) is 11.4 Å². The van der Waals surface area contributed by atoms with Gasteiger partial charge in [0.15, 0.2) is 0 Å². The van der Waals surface area contributed by atoms with Crippen LogP contribution in [0, 0.1) is 0 Å². The second-order valence-electron chi connectivity index (χ2n) is 5.87. The zero-order valence-corrected chi connectivity index (χ0v) is 13.3. The summed E-state index contributed by atoms with van der Waals surface area (Å²) in [6.45, 7) is 0. The van der Waals surface area contributed by atoms with Gasteiger partial charge in [0.1, 0.15) is 11.4 Å². The minimum Gasteiger partial charge on any atom is -0.346 e. The summed E-state index contributed by atoms with van der Waals surface area (Å²) in [7, 11) is 0. The van der Waals surface area contributed by atoms with E-state index in [2.05, 4.69) is 20.6 Å². The Morgan fingerprint density at radius 2 is 1.25 bits per heavy atom. The van der Waals surface area contributed by atoms with E-state index >= 15 is 0 Å². The molecule has 1 saturated carbocycles. The standard InChI is InChI=1S/C18H20N4O2/c23-17(15-9-3-5-11-19-15)21-13-7-1-2-8-14(13)22-18(24)16-10-4-6-12-20-16/h3-6,9-14H,1-2,7-8H2,(H,21,23)(H,22,24)/t13-,14?/m1/s1. The van der Waals surface area contributed by atoms with Crippen molar-refractivity contribution in [3.05, 3.63) is 60.2 Å². The monoisotopic (exact) mass is 324 g/mol. The molecule has 0 aromatic carbocycles. The Morgan fingerprint density at radius 3 is 1.62 bits per heavy atom. The number of pyridine rings is 2. The molecular formula is C18H20N4O2. The Kier molecular flexibility index (Phi) is 5.15. The molecule has 6 heteroatoms. The number of nitrogens with zero attached hydrogens (tertiary/aromatic N) is 2. The number of nitrogens with one attached hydrogen (secondary N) is 2. The van der Waals surface area contributed by atoms with Crippen molar-refractivity contribution in [2.24, 2.45) is 0 Å². The molecule has 2 amide bonds. The van der Waals surface area contributed by atoms with Gasteiger partial charge in [-0.25, -0.2) is 0 Å². The Morgan fingerprint density at radius 1 is 0.792 bits per heavy atom. The molecule has 1 fully saturated rings. The van der Waals surface area contributed by atoms with Gasteiger partial charge in [0.25, 0.3) is 11.8 Å². The van der Waals surface area contributed by atoms with Crippen molar-refractivity contribution < 1.29 is 9.59 Å². The Balaban J connectivity index is 1.65. The molecular weight excluding hydrogens is 304 g/mol. The molecule has 24 heavy (non-hydrogen) atoms. The summed E-state index contributed by atoms with van der Waals surface area (Å²) in [6.07, 6.45) is 6.93. The molecule has 2 aromatic rings. The molecule has 2 heterocycles. The number of aromatic nitrogens is 2. The van der Waals surface area contributed by atoms with Crippen molar-refractivity contribution in [1.82, 2.24) is 20.6 Å². The van der Waals surface area contributed by atoms with Crippen LogP contribution in [0.25, 0.3) is 0 Å². The number of carbonyl (C=O) groups excluding carboxylic acids is 2. The van der Waals surface area contributed by atoms with Crippen molar-refractivity contribution in [2.75, 3.05) is 0 Å². The Bertz CT molecular complexity index is 629. The number of rotatable bonds is 4. The number of carbonyl (C=O) groups is 2. The topological polar surface area (TPSA) is 84.0 Å². The lowest BCUT2D eigenvalue weighted by molar-refractivity contribution is 0.0857. The van der Waals surface area contributed by atoms with Crippen LogP contribution in [0.2, 0.25) is 0 Å². The maximum Gasteiger partial charge on any atom is 0.270 e. The lowest BCUT2D eigenvalue weighted by Gasteiger charge is -2.32. The fraction of sp³-hybridized carbons (Fsp3) is 0.333. The van der Waals surface area contributed by atoms with E-state index in [1.807, 2.05) is 0 Å². The van der Waals surface area contributed by atoms with E-state index in [4.69, 9.17) is 0 Å². The third-order valence-corrected chi connectivity index (χ3v) is 4.19. The van der Waals surface area contributed by atoms with Crippen LogP contribution < -0.4 is 10.6 Å². The third-order valence-electron chi connectivity index (χ3n) is 4.19. The molecule has 1 unspecified atom stereocenters. The highest BCUT2D eigenvalue weighted by atomic mass is 16.2. The molecule has 1 aliphatic rings. The smallest absolute Gasteiger partial charge is 0.270 e. The Hall–Kier alpha value is -2.76. The van der Waals surface area contributed by atoms with Crippen LogP contribution in [0.15, 0.2) is 48.8 Å². The van der Waals surface area contributed by atoms with Crippen LogP contribution in [-0.4, -0.2) is 33.9 Å². The van der Waals surface area contributed by atoms with Crippen LogP contribution in [0.1, 0.15) is 46.7 Å². The van der Waals surface area contributed by atoms with Crippen molar-refractivity contribution in [3.63, 3.8) is 0 Å². The molecule has 6 nitrogen and oxygen atoms in total. The first-order chi connectivity index (χ1) is 11.7. The highest BCUT2D eigenvalue weighted by Gasteiger charge is 2.28. The lowest BCUT2D eigenvalue weighted by Crippen LogP contribution is -2.53. The highest BCUT2D eigenvalue weighted by Crippen LogP contribution is 2.19. The fourth-order valence-electron chi connectivity index (χ4n) is 2.96. The predicted molar refractivity (Wildman–Crippen MR) is 89.5 cm³/mol. The van der Waals surface area contributed by atoms with E-state index in [0.717, 1.165) is 25.7 Å². The van der Waals surface area contributed by atoms with E-state index in [9.17, 15) is 9.59 Å². The van der Waals surface area contributed by atoms with Gasteiger partial charge < -0.3 is 10.6 Å². The first kappa shape index (κ1) is 16.1. The number of amides is 2. The first-order valence-electron chi connectivity index (χ1n) is 8.18. The molecule has 2 atom stereocenters. The quantitative estimate of drug-likeness (QED) is 0.900. The predicted octanol–water partition coefficient (Wildman–Crippen LogP) is 1.95. The van der Waals surface area contributed by atoms with Crippen molar-refractivity contribution in [2.45, 2.75) is 37.8 Å². The van der Waals surface area contributed by atoms with Gasteiger partial charge in [-0.05, 0) is 37.1 Å². The van der Waals surface area contributed by atoms with Gasteiger partial charge in [0.2, 0.25) is 0 Å². The number of hydrogen-bond donors (Lipinski definition) is 2. The highest BCUT2D eigenvalue weighted by molar-refractivity contribution is 5.93. The van der Waals surface area contributed by atoms with Crippen molar-refractivity contribution in [1.29, 1.82) is 0 Å². The van der Waals surface area contributed by atoms with Crippen LogP contribution in [0.5, 0.6) is 0 Å². The average molecular weight is 324 g/mol. The van der Waals surface area contributed by atoms with Gasteiger partial charge in [-0.3, -0.25) is 19.6 Å².